The second-order valence-corrected chi connectivity index (χ2v) is 10.9. The van der Waals surface area contributed by atoms with E-state index in [1.165, 1.54) is 23.3 Å². The van der Waals surface area contributed by atoms with E-state index in [1.54, 1.807) is 4.90 Å². The van der Waals surface area contributed by atoms with Crippen molar-refractivity contribution in [1.82, 2.24) is 14.7 Å². The predicted octanol–water partition coefficient (Wildman–Crippen LogP) is 5.28. The molecule has 1 fully saturated rings. The molecule has 3 unspecified atom stereocenters. The lowest BCUT2D eigenvalue weighted by atomic mass is 9.96. The van der Waals surface area contributed by atoms with Crippen molar-refractivity contribution in [1.29, 1.82) is 0 Å². The Labute approximate surface area is 230 Å². The van der Waals surface area contributed by atoms with Gasteiger partial charge in [-0.05, 0) is 102 Å². The molecule has 2 N–H and O–H groups in total. The summed E-state index contributed by atoms with van der Waals surface area (Å²) in [5, 5.41) is 0. The Hall–Kier alpha value is -2.62. The van der Waals surface area contributed by atoms with Crippen LogP contribution in [0, 0.1) is 13.8 Å². The molecule has 1 amide bonds. The molecule has 1 aliphatic rings. The smallest absolute Gasteiger partial charge is 0.416 e. The Kier molecular flexibility index (Phi) is 10.4. The van der Waals surface area contributed by atoms with E-state index in [-0.39, 0.29) is 23.6 Å². The van der Waals surface area contributed by atoms with Crippen LogP contribution in [0.3, 0.4) is 0 Å². The summed E-state index contributed by atoms with van der Waals surface area (Å²) in [5.41, 5.74) is 9.20. The lowest BCUT2D eigenvalue weighted by molar-refractivity contribution is -0.137. The molecule has 0 saturated carbocycles. The number of piperazine rings is 1. The zero-order valence-electron chi connectivity index (χ0n) is 24.0. The Morgan fingerprint density at radius 3 is 2.15 bits per heavy atom. The van der Waals surface area contributed by atoms with Crippen molar-refractivity contribution in [3.05, 3.63) is 64.2 Å². The SMILES string of the molecule is Cc1c(OCCCC(C(C)N)N(C)C)ccc(C(C)N2CCN(C(=O)c3ccc(C(F)(F)F)cc3)CC2)c1C. The summed E-state index contributed by atoms with van der Waals surface area (Å²) < 4.78 is 44.7. The zero-order valence-corrected chi connectivity index (χ0v) is 24.0. The number of ether oxygens (including phenoxy) is 1. The molecule has 3 rings (SSSR count). The van der Waals surface area contributed by atoms with E-state index in [4.69, 9.17) is 10.5 Å². The van der Waals surface area contributed by atoms with E-state index in [2.05, 4.69) is 50.7 Å². The summed E-state index contributed by atoms with van der Waals surface area (Å²) >= 11 is 0. The van der Waals surface area contributed by atoms with Gasteiger partial charge < -0.3 is 20.3 Å². The number of halogens is 3. The normalized spacial score (nSPS) is 17.3. The molecule has 0 aromatic heterocycles. The first kappa shape index (κ1) is 30.9. The number of benzene rings is 2. The molecule has 2 aromatic rings. The van der Waals surface area contributed by atoms with Gasteiger partial charge in [0.25, 0.3) is 5.91 Å². The monoisotopic (exact) mass is 548 g/mol. The molecule has 216 valence electrons. The average Bonchev–Trinajstić information content (AvgIpc) is 2.89. The van der Waals surface area contributed by atoms with E-state index in [1.807, 2.05) is 13.0 Å². The number of nitrogens with two attached hydrogens (primary N) is 1. The second-order valence-electron chi connectivity index (χ2n) is 10.9. The van der Waals surface area contributed by atoms with Crippen LogP contribution in [0.2, 0.25) is 0 Å². The van der Waals surface area contributed by atoms with Crippen molar-refractivity contribution < 1.29 is 22.7 Å². The lowest BCUT2D eigenvalue weighted by Gasteiger charge is -2.39. The van der Waals surface area contributed by atoms with Gasteiger partial charge in [0.15, 0.2) is 0 Å². The number of hydrogen-bond donors (Lipinski definition) is 1. The first-order chi connectivity index (χ1) is 18.3. The van der Waals surface area contributed by atoms with Gasteiger partial charge >= 0.3 is 6.18 Å². The molecular weight excluding hydrogens is 505 g/mol. The first-order valence-electron chi connectivity index (χ1n) is 13.7. The van der Waals surface area contributed by atoms with Gasteiger partial charge in [-0.2, -0.15) is 13.2 Å². The summed E-state index contributed by atoms with van der Waals surface area (Å²) in [6, 6.07) is 9.22. The number of carbonyl (C=O) groups is 1. The molecule has 0 spiro atoms. The zero-order chi connectivity index (χ0) is 28.9. The van der Waals surface area contributed by atoms with Crippen LogP contribution in [0.15, 0.2) is 36.4 Å². The van der Waals surface area contributed by atoms with Gasteiger partial charge in [-0.3, -0.25) is 9.69 Å². The minimum absolute atomic E-state index is 0.106. The summed E-state index contributed by atoms with van der Waals surface area (Å²) in [6.45, 7) is 11.5. The largest absolute Gasteiger partial charge is 0.493 e. The van der Waals surface area contributed by atoms with Crippen LogP contribution in [0.1, 0.15) is 65.3 Å². The number of hydrogen-bond acceptors (Lipinski definition) is 5. The maximum atomic E-state index is 12.9. The highest BCUT2D eigenvalue weighted by Crippen LogP contribution is 2.32. The molecule has 1 heterocycles. The van der Waals surface area contributed by atoms with E-state index in [0.717, 1.165) is 36.3 Å². The van der Waals surface area contributed by atoms with Crippen molar-refractivity contribution >= 4 is 5.91 Å². The quantitative estimate of drug-likeness (QED) is 0.410. The Morgan fingerprint density at radius 2 is 1.62 bits per heavy atom. The molecule has 0 bridgehead atoms. The van der Waals surface area contributed by atoms with Crippen molar-refractivity contribution in [3.63, 3.8) is 0 Å². The Morgan fingerprint density at radius 1 is 1.00 bits per heavy atom. The van der Waals surface area contributed by atoms with Crippen LogP contribution in [0.5, 0.6) is 5.75 Å². The predicted molar refractivity (Wildman–Crippen MR) is 149 cm³/mol. The molecule has 3 atom stereocenters. The third-order valence-corrected chi connectivity index (χ3v) is 8.01. The van der Waals surface area contributed by atoms with Crippen molar-refractivity contribution in [2.75, 3.05) is 46.9 Å². The van der Waals surface area contributed by atoms with Crippen LogP contribution < -0.4 is 10.5 Å². The molecule has 0 aliphatic carbocycles. The fraction of sp³-hybridized carbons (Fsp3) is 0.567. The summed E-state index contributed by atoms with van der Waals surface area (Å²) in [7, 11) is 4.11. The summed E-state index contributed by atoms with van der Waals surface area (Å²) in [4.78, 5) is 19.1. The molecular formula is C30H43F3N4O2. The van der Waals surface area contributed by atoms with E-state index < -0.39 is 11.7 Å². The minimum atomic E-state index is -4.41. The van der Waals surface area contributed by atoms with Gasteiger partial charge in [-0.1, -0.05) is 6.07 Å². The number of amides is 1. The third-order valence-electron chi connectivity index (χ3n) is 8.01. The highest BCUT2D eigenvalue weighted by Gasteiger charge is 2.31. The van der Waals surface area contributed by atoms with Crippen molar-refractivity contribution in [2.24, 2.45) is 5.73 Å². The molecule has 6 nitrogen and oxygen atoms in total. The highest BCUT2D eigenvalue weighted by atomic mass is 19.4. The van der Waals surface area contributed by atoms with Crippen molar-refractivity contribution in [3.8, 4) is 5.75 Å². The van der Waals surface area contributed by atoms with Gasteiger partial charge in [0.1, 0.15) is 5.75 Å². The van der Waals surface area contributed by atoms with Crippen LogP contribution in [-0.2, 0) is 6.18 Å². The molecule has 9 heteroatoms. The molecule has 0 radical (unpaired) electrons. The van der Waals surface area contributed by atoms with Crippen LogP contribution in [0.25, 0.3) is 0 Å². The molecule has 2 aromatic carbocycles. The minimum Gasteiger partial charge on any atom is -0.493 e. The summed E-state index contributed by atoms with van der Waals surface area (Å²) in [6.07, 6.45) is -2.51. The van der Waals surface area contributed by atoms with Gasteiger partial charge in [0, 0.05) is 49.9 Å². The Balaban J connectivity index is 1.55. The van der Waals surface area contributed by atoms with Gasteiger partial charge in [-0.25, -0.2) is 0 Å². The maximum Gasteiger partial charge on any atom is 0.416 e. The topological polar surface area (TPSA) is 62.0 Å². The molecule has 39 heavy (non-hydrogen) atoms. The van der Waals surface area contributed by atoms with Crippen LogP contribution >= 0.6 is 0 Å². The van der Waals surface area contributed by atoms with Gasteiger partial charge in [0.05, 0.1) is 12.2 Å². The molecule has 1 saturated heterocycles. The Bertz CT molecular complexity index is 1090. The van der Waals surface area contributed by atoms with Crippen molar-refractivity contribution in [2.45, 2.75) is 64.8 Å². The van der Waals surface area contributed by atoms with Gasteiger partial charge in [-0.15, -0.1) is 0 Å². The van der Waals surface area contributed by atoms with Crippen LogP contribution in [-0.4, -0.2) is 79.6 Å². The first-order valence-corrected chi connectivity index (χ1v) is 13.7. The van der Waals surface area contributed by atoms with Crippen LogP contribution in [0.4, 0.5) is 13.2 Å². The number of carbonyl (C=O) groups excluding carboxylic acids is 1. The number of likely N-dealkylation sites (N-methyl/N-ethyl adjacent to an activating group) is 1. The van der Waals surface area contributed by atoms with E-state index in [9.17, 15) is 18.0 Å². The average molecular weight is 549 g/mol. The maximum absolute atomic E-state index is 12.9. The van der Waals surface area contributed by atoms with E-state index >= 15 is 0 Å². The van der Waals surface area contributed by atoms with E-state index in [0.29, 0.717) is 38.8 Å². The highest BCUT2D eigenvalue weighted by molar-refractivity contribution is 5.94. The number of nitrogens with zero attached hydrogens (tertiary/aromatic N) is 3. The standard InChI is InChI=1S/C30H43F3N4O2/c1-20-21(2)28(39-19-7-8-27(22(3)34)35(5)6)14-13-26(20)23(4)36-15-17-37(18-16-36)29(38)24-9-11-25(12-10-24)30(31,32)33/h9-14,22-23,27H,7-8,15-19,34H2,1-6H3. The summed E-state index contributed by atoms with van der Waals surface area (Å²) in [5.74, 6) is 0.667. The fourth-order valence-corrected chi connectivity index (χ4v) is 5.39. The number of alkyl halides is 3. The molecule has 1 aliphatic heterocycles. The fourth-order valence-electron chi connectivity index (χ4n) is 5.39. The second kappa shape index (κ2) is 13.2. The van der Waals surface area contributed by atoms with Gasteiger partial charge in [0.2, 0.25) is 0 Å². The number of rotatable bonds is 10. The third kappa shape index (κ3) is 7.74. The lowest BCUT2D eigenvalue weighted by Crippen LogP contribution is -2.49.